The van der Waals surface area contributed by atoms with Crippen molar-refractivity contribution in [1.29, 1.82) is 0 Å². The molecular weight excluding hydrogens is 156 g/mol. The molecule has 0 unspecified atom stereocenters. The van der Waals surface area contributed by atoms with Crippen LogP contribution < -0.4 is 5.32 Å². The number of aromatic nitrogens is 1. The predicted octanol–water partition coefficient (Wildman–Crippen LogP) is 1.50. The summed E-state index contributed by atoms with van der Waals surface area (Å²) in [7, 11) is 0. The summed E-state index contributed by atoms with van der Waals surface area (Å²) in [6, 6.07) is 1.64. The minimum Gasteiger partial charge on any atom is -0.338 e. The summed E-state index contributed by atoms with van der Waals surface area (Å²) in [5, 5.41) is 6.10. The summed E-state index contributed by atoms with van der Waals surface area (Å²) < 4.78 is 4.76. The molecule has 0 aliphatic rings. The molecule has 0 saturated carbocycles. The zero-order chi connectivity index (χ0) is 9.14. The maximum Gasteiger partial charge on any atom is 0.253 e. The Bertz CT molecular complexity index is 315. The van der Waals surface area contributed by atoms with Gasteiger partial charge in [-0.15, -0.1) is 0 Å². The third kappa shape index (κ3) is 1.95. The van der Waals surface area contributed by atoms with Gasteiger partial charge in [-0.1, -0.05) is 11.7 Å². The molecular formula is C8H10N2O2. The van der Waals surface area contributed by atoms with E-state index in [0.717, 1.165) is 5.69 Å². The monoisotopic (exact) mass is 166 g/mol. The second-order valence-electron chi connectivity index (χ2n) is 2.57. The Morgan fingerprint density at radius 2 is 2.42 bits per heavy atom. The quantitative estimate of drug-likeness (QED) is 0.677. The highest BCUT2D eigenvalue weighted by Crippen LogP contribution is 2.08. The van der Waals surface area contributed by atoms with Gasteiger partial charge in [0.1, 0.15) is 0 Å². The largest absolute Gasteiger partial charge is 0.338 e. The van der Waals surface area contributed by atoms with Crippen molar-refractivity contribution in [3.05, 3.63) is 23.9 Å². The smallest absolute Gasteiger partial charge is 0.253 e. The van der Waals surface area contributed by atoms with E-state index < -0.39 is 0 Å². The van der Waals surface area contributed by atoms with Crippen LogP contribution in [-0.4, -0.2) is 11.1 Å². The van der Waals surface area contributed by atoms with Crippen LogP contribution in [-0.2, 0) is 4.79 Å². The number of nitrogens with one attached hydrogen (secondary N) is 1. The topological polar surface area (TPSA) is 55.1 Å². The van der Waals surface area contributed by atoms with Gasteiger partial charge in [-0.3, -0.25) is 10.1 Å². The Morgan fingerprint density at radius 1 is 1.75 bits per heavy atom. The molecule has 4 nitrogen and oxygen atoms in total. The first-order valence-corrected chi connectivity index (χ1v) is 3.50. The van der Waals surface area contributed by atoms with Crippen LogP contribution in [0.4, 0.5) is 5.88 Å². The van der Waals surface area contributed by atoms with Gasteiger partial charge < -0.3 is 4.52 Å². The zero-order valence-electron chi connectivity index (χ0n) is 7.05. The van der Waals surface area contributed by atoms with Crippen molar-refractivity contribution in [2.75, 3.05) is 5.32 Å². The minimum atomic E-state index is -0.258. The molecule has 1 heterocycles. The average molecular weight is 166 g/mol. The lowest BCUT2D eigenvalue weighted by Crippen LogP contribution is -2.10. The van der Waals surface area contributed by atoms with Gasteiger partial charge in [-0.05, 0) is 13.8 Å². The van der Waals surface area contributed by atoms with Gasteiger partial charge in [0.15, 0.2) is 0 Å². The number of carbonyl (C=O) groups is 1. The number of anilines is 1. The van der Waals surface area contributed by atoms with E-state index in [0.29, 0.717) is 11.5 Å². The van der Waals surface area contributed by atoms with E-state index in [1.54, 1.807) is 19.9 Å². The van der Waals surface area contributed by atoms with Crippen molar-refractivity contribution < 1.29 is 9.32 Å². The third-order valence-corrected chi connectivity index (χ3v) is 1.25. The molecule has 12 heavy (non-hydrogen) atoms. The first-order valence-electron chi connectivity index (χ1n) is 3.50. The standard InChI is InChI=1S/C8H10N2O2/c1-5(2)8(11)9-7-4-6(3)10-12-7/h4H,1H2,2-3H3,(H,9,11). The van der Waals surface area contributed by atoms with Crippen molar-refractivity contribution in [3.8, 4) is 0 Å². The number of nitrogens with zero attached hydrogens (tertiary/aromatic N) is 1. The molecule has 0 fully saturated rings. The lowest BCUT2D eigenvalue weighted by molar-refractivity contribution is -0.112. The first kappa shape index (κ1) is 8.52. The van der Waals surface area contributed by atoms with Crippen LogP contribution in [0.25, 0.3) is 0 Å². The van der Waals surface area contributed by atoms with Crippen LogP contribution in [0.5, 0.6) is 0 Å². The van der Waals surface area contributed by atoms with E-state index in [-0.39, 0.29) is 5.91 Å². The Labute approximate surface area is 70.2 Å². The SMILES string of the molecule is C=C(C)C(=O)Nc1cc(C)no1. The number of aryl methyl sites for hydroxylation is 1. The van der Waals surface area contributed by atoms with Crippen molar-refractivity contribution in [1.82, 2.24) is 5.16 Å². The molecule has 1 aromatic heterocycles. The van der Waals surface area contributed by atoms with Gasteiger partial charge >= 0.3 is 0 Å². The lowest BCUT2D eigenvalue weighted by Gasteiger charge is -1.97. The molecule has 1 amide bonds. The summed E-state index contributed by atoms with van der Waals surface area (Å²) in [4.78, 5) is 11.0. The van der Waals surface area contributed by atoms with E-state index in [1.807, 2.05) is 0 Å². The molecule has 4 heteroatoms. The van der Waals surface area contributed by atoms with Crippen molar-refractivity contribution in [2.45, 2.75) is 13.8 Å². The molecule has 0 saturated heterocycles. The highest BCUT2D eigenvalue weighted by atomic mass is 16.5. The average Bonchev–Trinajstić information content (AvgIpc) is 2.35. The van der Waals surface area contributed by atoms with Gasteiger partial charge in [0.2, 0.25) is 5.88 Å². The van der Waals surface area contributed by atoms with E-state index in [4.69, 9.17) is 4.52 Å². The summed E-state index contributed by atoms with van der Waals surface area (Å²) >= 11 is 0. The zero-order valence-corrected chi connectivity index (χ0v) is 7.05. The highest BCUT2D eigenvalue weighted by Gasteiger charge is 2.05. The molecule has 1 N–H and O–H groups in total. The number of rotatable bonds is 2. The van der Waals surface area contributed by atoms with E-state index in [1.165, 1.54) is 0 Å². The van der Waals surface area contributed by atoms with Crippen LogP contribution in [0.1, 0.15) is 12.6 Å². The van der Waals surface area contributed by atoms with Gasteiger partial charge in [0, 0.05) is 11.6 Å². The van der Waals surface area contributed by atoms with Crippen LogP contribution in [0.15, 0.2) is 22.7 Å². The first-order chi connectivity index (χ1) is 5.59. The minimum absolute atomic E-state index is 0.258. The second kappa shape index (κ2) is 3.21. The number of hydrogen-bond donors (Lipinski definition) is 1. The van der Waals surface area contributed by atoms with Gasteiger partial charge in [0.25, 0.3) is 5.91 Å². The van der Waals surface area contributed by atoms with Crippen molar-refractivity contribution in [2.24, 2.45) is 0 Å². The Hall–Kier alpha value is -1.58. The maximum absolute atomic E-state index is 11.0. The normalized spacial score (nSPS) is 9.50. The molecule has 0 bridgehead atoms. The summed E-state index contributed by atoms with van der Waals surface area (Å²) in [6.45, 7) is 6.89. The van der Waals surface area contributed by atoms with Crippen molar-refractivity contribution >= 4 is 11.8 Å². The summed E-state index contributed by atoms with van der Waals surface area (Å²) in [5.74, 6) is 0.0895. The maximum atomic E-state index is 11.0. The summed E-state index contributed by atoms with van der Waals surface area (Å²) in [6.07, 6.45) is 0. The second-order valence-corrected chi connectivity index (χ2v) is 2.57. The fraction of sp³-hybridized carbons (Fsp3) is 0.250. The molecule has 0 spiro atoms. The Balaban J connectivity index is 2.64. The molecule has 0 aliphatic heterocycles. The fourth-order valence-corrected chi connectivity index (χ4v) is 0.641. The molecule has 0 atom stereocenters. The summed E-state index contributed by atoms with van der Waals surface area (Å²) in [5.41, 5.74) is 1.16. The number of carbonyl (C=O) groups excluding carboxylic acids is 1. The van der Waals surface area contributed by atoms with E-state index >= 15 is 0 Å². The van der Waals surface area contributed by atoms with Crippen LogP contribution in [0, 0.1) is 6.92 Å². The van der Waals surface area contributed by atoms with Gasteiger partial charge in [0.05, 0.1) is 5.69 Å². The third-order valence-electron chi connectivity index (χ3n) is 1.25. The fourth-order valence-electron chi connectivity index (χ4n) is 0.641. The van der Waals surface area contributed by atoms with E-state index in [9.17, 15) is 4.79 Å². The highest BCUT2D eigenvalue weighted by molar-refractivity contribution is 6.01. The predicted molar refractivity (Wildman–Crippen MR) is 44.7 cm³/mol. The van der Waals surface area contributed by atoms with Gasteiger partial charge in [-0.25, -0.2) is 0 Å². The molecule has 1 rings (SSSR count). The molecule has 0 radical (unpaired) electrons. The Morgan fingerprint density at radius 3 is 2.83 bits per heavy atom. The van der Waals surface area contributed by atoms with Crippen LogP contribution >= 0.6 is 0 Å². The lowest BCUT2D eigenvalue weighted by atomic mass is 10.3. The number of amides is 1. The molecule has 1 aromatic rings. The van der Waals surface area contributed by atoms with Crippen molar-refractivity contribution in [3.63, 3.8) is 0 Å². The molecule has 0 aromatic carbocycles. The Kier molecular flexibility index (Phi) is 2.28. The van der Waals surface area contributed by atoms with Crippen LogP contribution in [0.3, 0.4) is 0 Å². The number of hydrogen-bond acceptors (Lipinski definition) is 3. The van der Waals surface area contributed by atoms with E-state index in [2.05, 4.69) is 17.1 Å². The van der Waals surface area contributed by atoms with Gasteiger partial charge in [-0.2, -0.15) is 0 Å². The van der Waals surface area contributed by atoms with Crippen LogP contribution in [0.2, 0.25) is 0 Å². The molecule has 64 valence electrons. The molecule has 0 aliphatic carbocycles.